The molecule has 4 heterocycles. The van der Waals surface area contributed by atoms with Gasteiger partial charge < -0.3 is 10.2 Å². The molecular weight excluding hydrogens is 426 g/mol. The zero-order chi connectivity index (χ0) is 23.1. The van der Waals surface area contributed by atoms with Gasteiger partial charge in [0.15, 0.2) is 5.82 Å². The smallest absolute Gasteiger partial charge is 0.331 e. The van der Waals surface area contributed by atoms with Gasteiger partial charge in [-0.15, -0.1) is 0 Å². The summed E-state index contributed by atoms with van der Waals surface area (Å²) in [5, 5.41) is 3.67. The van der Waals surface area contributed by atoms with Gasteiger partial charge in [0.1, 0.15) is 17.3 Å². The van der Waals surface area contributed by atoms with E-state index in [-0.39, 0.29) is 11.7 Å². The number of aromatic nitrogens is 4. The Kier molecular flexibility index (Phi) is 5.77. The monoisotopic (exact) mass is 461 g/mol. The second-order valence-corrected chi connectivity index (χ2v) is 10.1. The van der Waals surface area contributed by atoms with Gasteiger partial charge >= 0.3 is 5.69 Å². The number of piperazine rings is 1. The minimum atomic E-state index is 0.0473. The average Bonchev–Trinajstić information content (AvgIpc) is 3.62. The van der Waals surface area contributed by atoms with E-state index in [1.54, 1.807) is 0 Å². The molecule has 1 N–H and O–H groups in total. The Morgan fingerprint density at radius 3 is 2.53 bits per heavy atom. The number of fused-ring (bicyclic) bond motifs is 3. The van der Waals surface area contributed by atoms with Crippen LogP contribution in [0.25, 0.3) is 11.5 Å². The van der Waals surface area contributed by atoms with Gasteiger partial charge in [0, 0.05) is 50.9 Å². The van der Waals surface area contributed by atoms with Crippen LogP contribution < -0.4 is 15.9 Å². The van der Waals surface area contributed by atoms with Crippen molar-refractivity contribution in [3.63, 3.8) is 0 Å². The first-order chi connectivity index (χ1) is 16.7. The third kappa shape index (κ3) is 3.87. The fraction of sp³-hybridized carbons (Fsp3) is 0.577. The molecule has 4 aliphatic heterocycles. The van der Waals surface area contributed by atoms with Crippen LogP contribution in [0.5, 0.6) is 0 Å². The molecule has 0 aromatic heterocycles. The summed E-state index contributed by atoms with van der Waals surface area (Å²) in [5.74, 6) is 3.02. The molecule has 1 aliphatic carbocycles. The molecule has 1 unspecified atom stereocenters. The first kappa shape index (κ1) is 21.6. The number of para-hydroxylation sites is 1. The van der Waals surface area contributed by atoms with E-state index < -0.39 is 0 Å². The van der Waals surface area contributed by atoms with Crippen molar-refractivity contribution in [3.8, 4) is 11.5 Å². The number of rotatable bonds is 6. The van der Waals surface area contributed by atoms with Gasteiger partial charge in [0.25, 0.3) is 0 Å². The standard InChI is InChI=1S/C26H35N7O/c1-2-12-32-25-22(28-23(29-25)19-8-6-7-9-19)24-27-20(18-33(24)26(32)34)17-30-13-15-31(16-14-30)21-10-4-3-5-11-21/h3-5,10-11,19-20,27H,2,6-9,12-18H2,1H3. The van der Waals surface area contributed by atoms with Gasteiger partial charge in [-0.3, -0.25) is 14.0 Å². The third-order valence-corrected chi connectivity index (χ3v) is 7.75. The molecule has 1 saturated carbocycles. The van der Waals surface area contributed by atoms with E-state index in [1.165, 1.54) is 18.5 Å². The van der Waals surface area contributed by atoms with Crippen molar-refractivity contribution < 1.29 is 0 Å². The lowest BCUT2D eigenvalue weighted by atomic mass is 10.1. The molecule has 0 spiro atoms. The van der Waals surface area contributed by atoms with Crippen LogP contribution in [0, 0.1) is 0 Å². The van der Waals surface area contributed by atoms with Crippen LogP contribution >= 0.6 is 0 Å². The normalized spacial score (nSPS) is 21.3. The molecule has 6 rings (SSSR count). The molecule has 8 heteroatoms. The van der Waals surface area contributed by atoms with Crippen molar-refractivity contribution in [2.24, 2.45) is 0 Å². The second kappa shape index (κ2) is 9.06. The Hall–Kier alpha value is -2.87. The first-order valence-corrected chi connectivity index (χ1v) is 13.0. The summed E-state index contributed by atoms with van der Waals surface area (Å²) in [6.07, 6.45) is 5.73. The van der Waals surface area contributed by atoms with E-state index in [4.69, 9.17) is 9.97 Å². The van der Waals surface area contributed by atoms with E-state index in [9.17, 15) is 4.79 Å². The maximum Gasteiger partial charge on any atom is 0.331 e. The highest BCUT2D eigenvalue weighted by atomic mass is 16.1. The number of hydrogen-bond acceptors (Lipinski definition) is 6. The predicted molar refractivity (Wildman–Crippen MR) is 135 cm³/mol. The second-order valence-electron chi connectivity index (χ2n) is 10.1. The lowest BCUT2D eigenvalue weighted by Crippen LogP contribution is -2.49. The fourth-order valence-corrected chi connectivity index (χ4v) is 5.97. The molecule has 0 amide bonds. The van der Waals surface area contributed by atoms with Crippen LogP contribution in [0.1, 0.15) is 50.8 Å². The highest BCUT2D eigenvalue weighted by Gasteiger charge is 2.34. The Labute approximate surface area is 201 Å². The molecular formula is C26H35N7O. The highest BCUT2D eigenvalue weighted by molar-refractivity contribution is 5.70. The first-order valence-electron chi connectivity index (χ1n) is 13.0. The molecule has 1 aromatic carbocycles. The fourth-order valence-electron chi connectivity index (χ4n) is 5.97. The Morgan fingerprint density at radius 1 is 1.03 bits per heavy atom. The van der Waals surface area contributed by atoms with E-state index in [0.29, 0.717) is 19.0 Å². The van der Waals surface area contributed by atoms with Gasteiger partial charge in [0.05, 0.1) is 12.6 Å². The maximum absolute atomic E-state index is 13.4. The van der Waals surface area contributed by atoms with Crippen molar-refractivity contribution in [3.05, 3.63) is 46.6 Å². The van der Waals surface area contributed by atoms with E-state index >= 15 is 0 Å². The van der Waals surface area contributed by atoms with E-state index in [0.717, 1.165) is 75.1 Å². The van der Waals surface area contributed by atoms with Crippen LogP contribution in [-0.2, 0) is 13.1 Å². The predicted octanol–water partition coefficient (Wildman–Crippen LogP) is 3.23. The molecule has 8 nitrogen and oxygen atoms in total. The molecule has 5 aliphatic rings. The molecule has 1 aromatic rings. The van der Waals surface area contributed by atoms with E-state index in [2.05, 4.69) is 52.4 Å². The van der Waals surface area contributed by atoms with Gasteiger partial charge in [-0.2, -0.15) is 0 Å². The van der Waals surface area contributed by atoms with Crippen LogP contribution in [0.2, 0.25) is 0 Å². The van der Waals surface area contributed by atoms with Gasteiger partial charge in [-0.25, -0.2) is 14.8 Å². The minimum Gasteiger partial charge on any atom is -0.369 e. The van der Waals surface area contributed by atoms with Crippen molar-refractivity contribution in [1.82, 2.24) is 24.0 Å². The summed E-state index contributed by atoms with van der Waals surface area (Å²) in [6.45, 7) is 8.55. The Balaban J connectivity index is 1.20. The maximum atomic E-state index is 13.4. The Morgan fingerprint density at radius 2 is 1.79 bits per heavy atom. The number of hydrogen-bond donors (Lipinski definition) is 1. The van der Waals surface area contributed by atoms with Crippen molar-refractivity contribution in [2.75, 3.05) is 42.9 Å². The summed E-state index contributed by atoms with van der Waals surface area (Å²) in [4.78, 5) is 28.3. The quantitative estimate of drug-likeness (QED) is 0.608. The highest BCUT2D eigenvalue weighted by Crippen LogP contribution is 2.37. The number of imidazole rings is 1. The van der Waals surface area contributed by atoms with Crippen LogP contribution in [-0.4, -0.2) is 62.8 Å². The summed E-state index contributed by atoms with van der Waals surface area (Å²) in [6, 6.07) is 10.9. The molecule has 180 valence electrons. The molecule has 1 saturated heterocycles. The number of nitrogens with one attached hydrogen (secondary N) is 1. The lowest BCUT2D eigenvalue weighted by Gasteiger charge is -2.37. The van der Waals surface area contributed by atoms with Crippen molar-refractivity contribution in [1.29, 1.82) is 0 Å². The number of nitrogens with zero attached hydrogens (tertiary/aromatic N) is 6. The van der Waals surface area contributed by atoms with Crippen LogP contribution in [0.4, 0.5) is 11.5 Å². The molecule has 1 atom stereocenters. The van der Waals surface area contributed by atoms with Crippen molar-refractivity contribution in [2.45, 2.75) is 64.1 Å². The van der Waals surface area contributed by atoms with Gasteiger partial charge in [0.2, 0.25) is 0 Å². The van der Waals surface area contributed by atoms with Crippen LogP contribution in [0.15, 0.2) is 35.1 Å². The SMILES string of the molecule is CCCn1c2nc(C3CCCC3)nc-2c2n(c1=O)CC(CN1CCN(c3ccccc3)CC1)N2. The molecule has 2 fully saturated rings. The minimum absolute atomic E-state index is 0.0473. The summed E-state index contributed by atoms with van der Waals surface area (Å²) >= 11 is 0. The molecule has 0 bridgehead atoms. The van der Waals surface area contributed by atoms with Crippen molar-refractivity contribution >= 4 is 11.5 Å². The third-order valence-electron chi connectivity index (χ3n) is 7.75. The molecule has 34 heavy (non-hydrogen) atoms. The zero-order valence-corrected chi connectivity index (χ0v) is 20.1. The summed E-state index contributed by atoms with van der Waals surface area (Å²) in [5.41, 5.74) is 2.23. The topological polar surface area (TPSA) is 71.2 Å². The number of benzene rings is 1. The Bertz CT molecular complexity index is 1160. The molecule has 0 radical (unpaired) electrons. The summed E-state index contributed by atoms with van der Waals surface area (Å²) < 4.78 is 3.77. The lowest BCUT2D eigenvalue weighted by molar-refractivity contribution is 0.245. The zero-order valence-electron chi connectivity index (χ0n) is 20.1. The van der Waals surface area contributed by atoms with Gasteiger partial charge in [-0.1, -0.05) is 38.0 Å². The largest absolute Gasteiger partial charge is 0.369 e. The summed E-state index contributed by atoms with van der Waals surface area (Å²) in [7, 11) is 0. The van der Waals surface area contributed by atoms with E-state index in [1.807, 2.05) is 9.13 Å². The average molecular weight is 462 g/mol. The van der Waals surface area contributed by atoms with Gasteiger partial charge in [-0.05, 0) is 31.4 Å². The number of anilines is 2. The van der Waals surface area contributed by atoms with Crippen LogP contribution in [0.3, 0.4) is 0 Å².